The number of halogens is 1. The van der Waals surface area contributed by atoms with Gasteiger partial charge in [-0.15, -0.1) is 0 Å². The summed E-state index contributed by atoms with van der Waals surface area (Å²) in [6.45, 7) is 2.64. The van der Waals surface area contributed by atoms with Crippen LogP contribution in [0.15, 0.2) is 66.7 Å². The van der Waals surface area contributed by atoms with Gasteiger partial charge in [-0.05, 0) is 73.5 Å². The summed E-state index contributed by atoms with van der Waals surface area (Å²) in [5.41, 5.74) is 2.83. The maximum atomic E-state index is 13.1. The van der Waals surface area contributed by atoms with Crippen LogP contribution >= 0.6 is 0 Å². The number of methoxy groups -OCH3 is 1. The molecule has 3 aromatic carbocycles. The Kier molecular flexibility index (Phi) is 6.58. The van der Waals surface area contributed by atoms with Gasteiger partial charge in [-0.25, -0.2) is 4.39 Å². The topological polar surface area (TPSA) is 67.9 Å². The SMILES string of the molecule is COc1ccc(CCN2Cc3cc(NC(=O)c4ccc(F)cc4)ccc3OC(C)C2=O)cc1. The number of amides is 2. The second-order valence-corrected chi connectivity index (χ2v) is 7.90. The molecule has 3 aromatic rings. The van der Waals surface area contributed by atoms with Gasteiger partial charge in [0.1, 0.15) is 17.3 Å². The minimum atomic E-state index is -0.609. The molecule has 0 aromatic heterocycles. The molecule has 1 atom stereocenters. The number of nitrogens with zero attached hydrogens (tertiary/aromatic N) is 1. The number of carbonyl (C=O) groups is 2. The minimum Gasteiger partial charge on any atom is -0.497 e. The highest BCUT2D eigenvalue weighted by molar-refractivity contribution is 6.04. The van der Waals surface area contributed by atoms with Crippen LogP contribution in [0, 0.1) is 5.82 Å². The summed E-state index contributed by atoms with van der Waals surface area (Å²) in [7, 11) is 1.63. The number of nitrogens with one attached hydrogen (secondary N) is 1. The first kappa shape index (κ1) is 22.3. The Morgan fingerprint density at radius 3 is 2.55 bits per heavy atom. The van der Waals surface area contributed by atoms with Crippen molar-refractivity contribution in [3.63, 3.8) is 0 Å². The monoisotopic (exact) mass is 448 g/mol. The Balaban J connectivity index is 1.48. The fourth-order valence-electron chi connectivity index (χ4n) is 3.73. The van der Waals surface area contributed by atoms with E-state index in [1.165, 1.54) is 24.3 Å². The van der Waals surface area contributed by atoms with Gasteiger partial charge in [0.2, 0.25) is 0 Å². The lowest BCUT2D eigenvalue weighted by molar-refractivity contribution is -0.137. The van der Waals surface area contributed by atoms with E-state index in [-0.39, 0.29) is 11.8 Å². The molecule has 0 aliphatic carbocycles. The third-order valence-corrected chi connectivity index (χ3v) is 5.58. The molecule has 2 amide bonds. The molecule has 1 unspecified atom stereocenters. The van der Waals surface area contributed by atoms with Crippen molar-refractivity contribution in [1.82, 2.24) is 4.90 Å². The molecule has 4 rings (SSSR count). The summed E-state index contributed by atoms with van der Waals surface area (Å²) in [5.74, 6) is 0.572. The molecule has 0 radical (unpaired) electrons. The first-order valence-electron chi connectivity index (χ1n) is 10.7. The molecule has 7 heteroatoms. The standard InChI is InChI=1S/C26H25FN2O4/c1-17-26(31)29(14-13-18-3-10-23(32-2)11-4-18)16-20-15-22(9-12-24(20)33-17)28-25(30)19-5-7-21(27)8-6-19/h3-12,15,17H,13-14,16H2,1-2H3,(H,28,30). The zero-order chi connectivity index (χ0) is 23.4. The van der Waals surface area contributed by atoms with Crippen molar-refractivity contribution in [2.24, 2.45) is 0 Å². The van der Waals surface area contributed by atoms with Crippen molar-refractivity contribution < 1.29 is 23.5 Å². The van der Waals surface area contributed by atoms with Gasteiger partial charge in [0, 0.05) is 29.9 Å². The second-order valence-electron chi connectivity index (χ2n) is 7.90. The lowest BCUT2D eigenvalue weighted by atomic mass is 10.1. The van der Waals surface area contributed by atoms with Gasteiger partial charge < -0.3 is 19.7 Å². The Morgan fingerprint density at radius 2 is 1.85 bits per heavy atom. The summed E-state index contributed by atoms with van der Waals surface area (Å²) in [6, 6.07) is 18.4. The van der Waals surface area contributed by atoms with E-state index >= 15 is 0 Å². The highest BCUT2D eigenvalue weighted by Gasteiger charge is 2.28. The van der Waals surface area contributed by atoms with Crippen LogP contribution < -0.4 is 14.8 Å². The van der Waals surface area contributed by atoms with Crippen LogP contribution in [-0.2, 0) is 17.8 Å². The predicted octanol–water partition coefficient (Wildman–Crippen LogP) is 4.44. The van der Waals surface area contributed by atoms with Gasteiger partial charge in [-0.2, -0.15) is 0 Å². The Morgan fingerprint density at radius 1 is 1.12 bits per heavy atom. The molecule has 0 bridgehead atoms. The molecule has 0 fully saturated rings. The minimum absolute atomic E-state index is 0.0865. The first-order valence-corrected chi connectivity index (χ1v) is 10.7. The van der Waals surface area contributed by atoms with E-state index in [0.717, 1.165) is 16.9 Å². The van der Waals surface area contributed by atoms with Crippen molar-refractivity contribution in [2.75, 3.05) is 19.0 Å². The number of ether oxygens (including phenoxy) is 2. The van der Waals surface area contributed by atoms with Crippen LogP contribution in [0.4, 0.5) is 10.1 Å². The third-order valence-electron chi connectivity index (χ3n) is 5.58. The van der Waals surface area contributed by atoms with E-state index in [4.69, 9.17) is 9.47 Å². The van der Waals surface area contributed by atoms with Crippen LogP contribution in [0.5, 0.6) is 11.5 Å². The normalized spacial score (nSPS) is 15.3. The van der Waals surface area contributed by atoms with Crippen LogP contribution in [-0.4, -0.2) is 36.5 Å². The summed E-state index contributed by atoms with van der Waals surface area (Å²) in [5, 5.41) is 2.82. The number of fused-ring (bicyclic) bond motifs is 1. The molecule has 33 heavy (non-hydrogen) atoms. The Bertz CT molecular complexity index is 1150. The van der Waals surface area contributed by atoms with Crippen molar-refractivity contribution in [3.05, 3.63) is 89.2 Å². The van der Waals surface area contributed by atoms with Crippen molar-refractivity contribution in [3.8, 4) is 11.5 Å². The number of benzene rings is 3. The number of hydrogen-bond donors (Lipinski definition) is 1. The lowest BCUT2D eigenvalue weighted by Gasteiger charge is -2.22. The van der Waals surface area contributed by atoms with E-state index in [1.54, 1.807) is 31.1 Å². The first-order chi connectivity index (χ1) is 15.9. The van der Waals surface area contributed by atoms with E-state index in [1.807, 2.05) is 30.3 Å². The number of hydrogen-bond acceptors (Lipinski definition) is 4. The molecule has 0 spiro atoms. The Labute approximate surface area is 191 Å². The smallest absolute Gasteiger partial charge is 0.263 e. The molecular weight excluding hydrogens is 423 g/mol. The van der Waals surface area contributed by atoms with E-state index < -0.39 is 11.9 Å². The molecule has 6 nitrogen and oxygen atoms in total. The zero-order valence-corrected chi connectivity index (χ0v) is 18.5. The van der Waals surface area contributed by atoms with Crippen LogP contribution in [0.2, 0.25) is 0 Å². The van der Waals surface area contributed by atoms with Crippen LogP contribution in [0.25, 0.3) is 0 Å². The van der Waals surface area contributed by atoms with Gasteiger partial charge in [0.05, 0.1) is 7.11 Å². The number of rotatable bonds is 6. The Hall–Kier alpha value is -3.87. The number of anilines is 1. The third kappa shape index (κ3) is 5.31. The maximum absolute atomic E-state index is 13.1. The van der Waals surface area contributed by atoms with Crippen LogP contribution in [0.1, 0.15) is 28.4 Å². The van der Waals surface area contributed by atoms with Crippen LogP contribution in [0.3, 0.4) is 0 Å². The molecule has 1 aliphatic rings. The largest absolute Gasteiger partial charge is 0.497 e. The molecule has 0 saturated heterocycles. The molecule has 1 heterocycles. The number of carbonyl (C=O) groups excluding carboxylic acids is 2. The average molecular weight is 448 g/mol. The molecule has 1 N–H and O–H groups in total. The van der Waals surface area contributed by atoms with Crippen molar-refractivity contribution in [1.29, 1.82) is 0 Å². The summed E-state index contributed by atoms with van der Waals surface area (Å²) in [4.78, 5) is 27.2. The van der Waals surface area contributed by atoms with Crippen molar-refractivity contribution >= 4 is 17.5 Å². The fraction of sp³-hybridized carbons (Fsp3) is 0.231. The highest BCUT2D eigenvalue weighted by atomic mass is 19.1. The maximum Gasteiger partial charge on any atom is 0.263 e. The second kappa shape index (κ2) is 9.73. The molecular formula is C26H25FN2O4. The summed E-state index contributed by atoms with van der Waals surface area (Å²) in [6.07, 6.45) is 0.0838. The van der Waals surface area contributed by atoms with Crippen molar-refractivity contribution in [2.45, 2.75) is 26.0 Å². The van der Waals surface area contributed by atoms with Gasteiger partial charge in [0.25, 0.3) is 11.8 Å². The van der Waals surface area contributed by atoms with Gasteiger partial charge >= 0.3 is 0 Å². The molecule has 170 valence electrons. The predicted molar refractivity (Wildman–Crippen MR) is 123 cm³/mol. The van der Waals surface area contributed by atoms with Gasteiger partial charge in [-0.1, -0.05) is 12.1 Å². The fourth-order valence-corrected chi connectivity index (χ4v) is 3.73. The summed E-state index contributed by atoms with van der Waals surface area (Å²) < 4.78 is 24.2. The van der Waals surface area contributed by atoms with E-state index in [9.17, 15) is 14.0 Å². The summed E-state index contributed by atoms with van der Waals surface area (Å²) >= 11 is 0. The van der Waals surface area contributed by atoms with E-state index in [0.29, 0.717) is 36.5 Å². The highest BCUT2D eigenvalue weighted by Crippen LogP contribution is 2.29. The van der Waals surface area contributed by atoms with Gasteiger partial charge in [-0.3, -0.25) is 9.59 Å². The molecule has 0 saturated carbocycles. The zero-order valence-electron chi connectivity index (χ0n) is 18.5. The van der Waals surface area contributed by atoms with Gasteiger partial charge in [0.15, 0.2) is 6.10 Å². The molecule has 1 aliphatic heterocycles. The quantitative estimate of drug-likeness (QED) is 0.606. The van der Waals surface area contributed by atoms with E-state index in [2.05, 4.69) is 5.32 Å². The lowest BCUT2D eigenvalue weighted by Crippen LogP contribution is -2.39. The average Bonchev–Trinajstić information content (AvgIpc) is 2.94.